The second kappa shape index (κ2) is 7.46. The number of nitrogens with zero attached hydrogens (tertiary/aromatic N) is 4. The molecular formula is C18H22N4O3. The highest BCUT2D eigenvalue weighted by Gasteiger charge is 2.31. The molecule has 7 heteroatoms. The topological polar surface area (TPSA) is 77.3 Å². The maximum atomic E-state index is 12.7. The molecule has 0 aliphatic carbocycles. The molecule has 1 fully saturated rings. The number of piperidine rings is 1. The van der Waals surface area contributed by atoms with E-state index in [1.807, 2.05) is 31.2 Å². The number of carbonyl (C=O) groups excluding carboxylic acids is 2. The predicted octanol–water partition coefficient (Wildman–Crippen LogP) is 1.99. The van der Waals surface area contributed by atoms with Crippen LogP contribution in [-0.4, -0.2) is 51.2 Å². The van der Waals surface area contributed by atoms with Crippen LogP contribution in [0.25, 0.3) is 5.69 Å². The molecule has 0 bridgehead atoms. The third-order valence-electron chi connectivity index (χ3n) is 4.37. The number of ether oxygens (including phenoxy) is 1. The summed E-state index contributed by atoms with van der Waals surface area (Å²) in [5.41, 5.74) is 1.93. The number of carbonyl (C=O) groups is 2. The van der Waals surface area contributed by atoms with Crippen LogP contribution in [0.2, 0.25) is 0 Å². The SMILES string of the molecule is CCOC(=O)C1CCCN(C(=O)c2ncn(-c3ccccc3C)n2)C1. The first kappa shape index (κ1) is 17.1. The highest BCUT2D eigenvalue weighted by Crippen LogP contribution is 2.19. The third kappa shape index (κ3) is 3.70. The number of rotatable bonds is 4. The van der Waals surface area contributed by atoms with Crippen LogP contribution >= 0.6 is 0 Å². The van der Waals surface area contributed by atoms with Crippen LogP contribution in [0.1, 0.15) is 35.9 Å². The molecule has 0 spiro atoms. The van der Waals surface area contributed by atoms with Crippen molar-refractivity contribution in [1.29, 1.82) is 0 Å². The zero-order valence-corrected chi connectivity index (χ0v) is 14.5. The quantitative estimate of drug-likeness (QED) is 0.794. The summed E-state index contributed by atoms with van der Waals surface area (Å²) < 4.78 is 6.68. The molecule has 0 N–H and O–H groups in total. The highest BCUT2D eigenvalue weighted by atomic mass is 16.5. The van der Waals surface area contributed by atoms with E-state index >= 15 is 0 Å². The Hall–Kier alpha value is -2.70. The molecule has 0 radical (unpaired) electrons. The lowest BCUT2D eigenvalue weighted by molar-refractivity contribution is -0.149. The average molecular weight is 342 g/mol. The average Bonchev–Trinajstić information content (AvgIpc) is 3.11. The van der Waals surface area contributed by atoms with Crippen molar-refractivity contribution in [2.24, 2.45) is 5.92 Å². The molecule has 3 rings (SSSR count). The van der Waals surface area contributed by atoms with Gasteiger partial charge >= 0.3 is 5.97 Å². The first-order valence-electron chi connectivity index (χ1n) is 8.53. The molecule has 1 aliphatic rings. The third-order valence-corrected chi connectivity index (χ3v) is 4.37. The van der Waals surface area contributed by atoms with Crippen molar-refractivity contribution in [2.45, 2.75) is 26.7 Å². The van der Waals surface area contributed by atoms with Crippen molar-refractivity contribution in [3.05, 3.63) is 42.0 Å². The number of esters is 1. The van der Waals surface area contributed by atoms with Gasteiger partial charge in [-0.3, -0.25) is 9.59 Å². The van der Waals surface area contributed by atoms with E-state index in [2.05, 4.69) is 10.1 Å². The van der Waals surface area contributed by atoms with Crippen molar-refractivity contribution in [3.8, 4) is 5.69 Å². The van der Waals surface area contributed by atoms with Crippen molar-refractivity contribution >= 4 is 11.9 Å². The summed E-state index contributed by atoms with van der Waals surface area (Å²) in [5.74, 6) is -0.608. The molecule has 1 saturated heterocycles. The molecule has 132 valence electrons. The first-order chi connectivity index (χ1) is 12.1. The molecule has 0 saturated carbocycles. The van der Waals surface area contributed by atoms with Crippen molar-refractivity contribution in [2.75, 3.05) is 19.7 Å². The second-order valence-corrected chi connectivity index (χ2v) is 6.14. The van der Waals surface area contributed by atoms with Gasteiger partial charge in [0.2, 0.25) is 5.82 Å². The summed E-state index contributed by atoms with van der Waals surface area (Å²) in [4.78, 5) is 30.4. The lowest BCUT2D eigenvalue weighted by Gasteiger charge is -2.30. The molecule has 1 aliphatic heterocycles. The molecular weight excluding hydrogens is 320 g/mol. The highest BCUT2D eigenvalue weighted by molar-refractivity contribution is 5.91. The van der Waals surface area contributed by atoms with E-state index in [1.54, 1.807) is 22.8 Å². The number of hydrogen-bond acceptors (Lipinski definition) is 5. The fourth-order valence-corrected chi connectivity index (χ4v) is 3.05. The number of aromatic nitrogens is 3. The Morgan fingerprint density at radius 2 is 2.12 bits per heavy atom. The lowest BCUT2D eigenvalue weighted by atomic mass is 9.98. The fraction of sp³-hybridized carbons (Fsp3) is 0.444. The predicted molar refractivity (Wildman–Crippen MR) is 91.4 cm³/mol. The Kier molecular flexibility index (Phi) is 5.11. The minimum atomic E-state index is -0.267. The molecule has 1 atom stereocenters. The number of para-hydroxylation sites is 1. The van der Waals surface area contributed by atoms with Gasteiger partial charge in [0.25, 0.3) is 5.91 Å². The van der Waals surface area contributed by atoms with Gasteiger partial charge in [0, 0.05) is 13.1 Å². The standard InChI is InChI=1S/C18H22N4O3/c1-3-25-18(24)14-8-6-10-21(11-14)17(23)16-19-12-22(20-16)15-9-5-4-7-13(15)2/h4-5,7,9,12,14H,3,6,8,10-11H2,1-2H3. The number of hydrogen-bond donors (Lipinski definition) is 0. The van der Waals surface area contributed by atoms with Crippen LogP contribution in [0.15, 0.2) is 30.6 Å². The van der Waals surface area contributed by atoms with Crippen LogP contribution in [0.5, 0.6) is 0 Å². The Bertz CT molecular complexity index is 771. The normalized spacial score (nSPS) is 17.4. The van der Waals surface area contributed by atoms with Gasteiger partial charge in [-0.2, -0.15) is 0 Å². The summed E-state index contributed by atoms with van der Waals surface area (Å²) in [6.07, 6.45) is 3.06. The molecule has 2 aromatic rings. The number of likely N-dealkylation sites (tertiary alicyclic amines) is 1. The summed E-state index contributed by atoms with van der Waals surface area (Å²) in [6, 6.07) is 7.77. The Morgan fingerprint density at radius 1 is 1.32 bits per heavy atom. The van der Waals surface area contributed by atoms with Gasteiger partial charge in [-0.1, -0.05) is 18.2 Å². The fourth-order valence-electron chi connectivity index (χ4n) is 3.05. The Morgan fingerprint density at radius 3 is 2.88 bits per heavy atom. The first-order valence-corrected chi connectivity index (χ1v) is 8.53. The maximum absolute atomic E-state index is 12.7. The van der Waals surface area contributed by atoms with Gasteiger partial charge in [0.15, 0.2) is 0 Å². The largest absolute Gasteiger partial charge is 0.466 e. The van der Waals surface area contributed by atoms with E-state index in [1.165, 1.54) is 0 Å². The summed E-state index contributed by atoms with van der Waals surface area (Å²) in [5, 5.41) is 4.32. The van der Waals surface area contributed by atoms with Crippen LogP contribution in [0.4, 0.5) is 0 Å². The maximum Gasteiger partial charge on any atom is 0.310 e. The van der Waals surface area contributed by atoms with Crippen LogP contribution < -0.4 is 0 Å². The second-order valence-electron chi connectivity index (χ2n) is 6.14. The zero-order valence-electron chi connectivity index (χ0n) is 14.5. The summed E-state index contributed by atoms with van der Waals surface area (Å²) >= 11 is 0. The van der Waals surface area contributed by atoms with Crippen LogP contribution in [0.3, 0.4) is 0 Å². The van der Waals surface area contributed by atoms with Crippen molar-refractivity contribution in [3.63, 3.8) is 0 Å². The van der Waals surface area contributed by atoms with Gasteiger partial charge in [0.1, 0.15) is 6.33 Å². The molecule has 7 nitrogen and oxygen atoms in total. The van der Waals surface area contributed by atoms with E-state index in [9.17, 15) is 9.59 Å². The monoisotopic (exact) mass is 342 g/mol. The van der Waals surface area contributed by atoms with Crippen molar-refractivity contribution < 1.29 is 14.3 Å². The van der Waals surface area contributed by atoms with E-state index < -0.39 is 0 Å². The number of benzene rings is 1. The summed E-state index contributed by atoms with van der Waals surface area (Å²) in [6.45, 7) is 5.08. The van der Waals surface area contributed by atoms with Crippen molar-refractivity contribution in [1.82, 2.24) is 19.7 Å². The number of aryl methyl sites for hydroxylation is 1. The molecule has 1 aromatic carbocycles. The number of amides is 1. The zero-order chi connectivity index (χ0) is 17.8. The minimum absolute atomic E-state index is 0.146. The molecule has 2 heterocycles. The minimum Gasteiger partial charge on any atom is -0.466 e. The van der Waals surface area contributed by atoms with E-state index in [4.69, 9.17) is 4.74 Å². The Labute approximate surface area is 146 Å². The van der Waals surface area contributed by atoms with Gasteiger partial charge < -0.3 is 9.64 Å². The smallest absolute Gasteiger partial charge is 0.310 e. The van der Waals surface area contributed by atoms with E-state index in [0.717, 1.165) is 24.1 Å². The van der Waals surface area contributed by atoms with Gasteiger partial charge in [-0.15, -0.1) is 5.10 Å². The van der Waals surface area contributed by atoms with Crippen LogP contribution in [0, 0.1) is 12.8 Å². The molecule has 1 amide bonds. The van der Waals surface area contributed by atoms with E-state index in [-0.39, 0.29) is 23.6 Å². The molecule has 1 unspecified atom stereocenters. The lowest BCUT2D eigenvalue weighted by Crippen LogP contribution is -2.43. The molecule has 25 heavy (non-hydrogen) atoms. The Balaban J connectivity index is 1.73. The van der Waals surface area contributed by atoms with Crippen LogP contribution in [-0.2, 0) is 9.53 Å². The van der Waals surface area contributed by atoms with E-state index in [0.29, 0.717) is 19.7 Å². The summed E-state index contributed by atoms with van der Waals surface area (Å²) in [7, 11) is 0. The van der Waals surface area contributed by atoms with Gasteiger partial charge in [-0.25, -0.2) is 9.67 Å². The van der Waals surface area contributed by atoms with Gasteiger partial charge in [-0.05, 0) is 38.3 Å². The molecule has 1 aromatic heterocycles. The van der Waals surface area contributed by atoms with Gasteiger partial charge in [0.05, 0.1) is 18.2 Å².